The molecular weight excluding hydrogens is 196 g/mol. The predicted octanol–water partition coefficient (Wildman–Crippen LogP) is -0.504. The van der Waals surface area contributed by atoms with Crippen LogP contribution in [0.15, 0.2) is 0 Å². The molecule has 1 heterocycles. The number of aliphatic hydroxyl groups is 1. The minimum Gasteiger partial charge on any atom is -0.396 e. The third-order valence-corrected chi connectivity index (χ3v) is 2.54. The van der Waals surface area contributed by atoms with E-state index < -0.39 is 0 Å². The number of nitrogens with zero attached hydrogens (tertiary/aromatic N) is 1. The lowest BCUT2D eigenvalue weighted by molar-refractivity contribution is -0.148. The Morgan fingerprint density at radius 2 is 2.13 bits per heavy atom. The van der Waals surface area contributed by atoms with E-state index in [2.05, 4.69) is 5.32 Å². The molecule has 15 heavy (non-hydrogen) atoms. The van der Waals surface area contributed by atoms with E-state index in [4.69, 9.17) is 5.11 Å². The summed E-state index contributed by atoms with van der Waals surface area (Å²) in [6.45, 7) is 2.64. The molecule has 1 rings (SSSR count). The van der Waals surface area contributed by atoms with Crippen molar-refractivity contribution in [3.63, 3.8) is 0 Å². The van der Waals surface area contributed by atoms with E-state index in [-0.39, 0.29) is 31.0 Å². The molecule has 0 aromatic rings. The lowest BCUT2D eigenvalue weighted by atomic mass is 10.2. The number of amides is 2. The molecule has 2 amide bonds. The maximum absolute atomic E-state index is 11.6. The number of imide groups is 1. The van der Waals surface area contributed by atoms with Crippen molar-refractivity contribution in [1.29, 1.82) is 0 Å². The van der Waals surface area contributed by atoms with Gasteiger partial charge in [-0.3, -0.25) is 19.8 Å². The zero-order chi connectivity index (χ0) is 11.3. The molecule has 5 nitrogen and oxygen atoms in total. The molecule has 1 atom stereocenters. The molecule has 0 bridgehead atoms. The second kappa shape index (κ2) is 5.82. The Morgan fingerprint density at radius 1 is 1.40 bits per heavy atom. The maximum atomic E-state index is 11.6. The number of nitrogens with one attached hydrogen (secondary N) is 1. The molecule has 1 saturated heterocycles. The van der Waals surface area contributed by atoms with E-state index >= 15 is 0 Å². The Morgan fingerprint density at radius 3 is 2.80 bits per heavy atom. The zero-order valence-corrected chi connectivity index (χ0v) is 9.03. The van der Waals surface area contributed by atoms with Gasteiger partial charge in [-0.05, 0) is 26.2 Å². The van der Waals surface area contributed by atoms with Crippen LogP contribution in [0.5, 0.6) is 0 Å². The van der Waals surface area contributed by atoms with Gasteiger partial charge in [-0.15, -0.1) is 0 Å². The van der Waals surface area contributed by atoms with Gasteiger partial charge in [0.05, 0.1) is 12.6 Å². The van der Waals surface area contributed by atoms with E-state index in [1.54, 1.807) is 6.92 Å². The van der Waals surface area contributed by atoms with E-state index in [9.17, 15) is 9.59 Å². The quantitative estimate of drug-likeness (QED) is 0.478. The molecule has 2 N–H and O–H groups in total. The van der Waals surface area contributed by atoms with Crippen LogP contribution in [0.2, 0.25) is 0 Å². The lowest BCUT2D eigenvalue weighted by Gasteiger charge is -2.29. The van der Waals surface area contributed by atoms with E-state index in [1.807, 2.05) is 0 Å². The Labute approximate surface area is 89.4 Å². The number of aliphatic hydroxyl groups excluding tert-OH is 1. The summed E-state index contributed by atoms with van der Waals surface area (Å²) in [6.07, 6.45) is 2.34. The van der Waals surface area contributed by atoms with Crippen LogP contribution >= 0.6 is 0 Å². The molecule has 0 spiro atoms. The molecule has 0 saturated carbocycles. The van der Waals surface area contributed by atoms with E-state index in [0.29, 0.717) is 6.54 Å². The van der Waals surface area contributed by atoms with Gasteiger partial charge in [0.2, 0.25) is 11.8 Å². The van der Waals surface area contributed by atoms with Crippen molar-refractivity contribution in [2.45, 2.75) is 32.2 Å². The van der Waals surface area contributed by atoms with E-state index in [1.165, 1.54) is 4.90 Å². The fraction of sp³-hybridized carbons (Fsp3) is 0.800. The van der Waals surface area contributed by atoms with Crippen LogP contribution in [0.3, 0.4) is 0 Å². The zero-order valence-electron chi connectivity index (χ0n) is 9.03. The molecule has 0 aliphatic carbocycles. The first-order valence-corrected chi connectivity index (χ1v) is 5.35. The Bertz CT molecular complexity index is 243. The van der Waals surface area contributed by atoms with Crippen LogP contribution in [0.4, 0.5) is 0 Å². The van der Waals surface area contributed by atoms with Gasteiger partial charge in [-0.1, -0.05) is 0 Å². The standard InChI is InChI=1S/C10H18N2O3/c1-8-10(15)12(9(14)7-11-8)5-3-2-4-6-13/h8,11,13H,2-7H2,1H3. The number of carbonyl (C=O) groups excluding carboxylic acids is 2. The summed E-state index contributed by atoms with van der Waals surface area (Å²) in [4.78, 5) is 24.3. The third kappa shape index (κ3) is 3.28. The highest BCUT2D eigenvalue weighted by Crippen LogP contribution is 2.05. The summed E-state index contributed by atoms with van der Waals surface area (Å²) in [5.41, 5.74) is 0. The van der Waals surface area contributed by atoms with Gasteiger partial charge in [0.25, 0.3) is 0 Å². The Balaban J connectivity index is 2.36. The van der Waals surface area contributed by atoms with Gasteiger partial charge in [-0.2, -0.15) is 0 Å². The molecule has 86 valence electrons. The average Bonchev–Trinajstić information content (AvgIpc) is 2.23. The highest BCUT2D eigenvalue weighted by molar-refractivity contribution is 6.00. The molecule has 1 fully saturated rings. The Hall–Kier alpha value is -0.940. The van der Waals surface area contributed by atoms with Crippen molar-refractivity contribution in [3.8, 4) is 0 Å². The van der Waals surface area contributed by atoms with Crippen LogP contribution < -0.4 is 5.32 Å². The third-order valence-electron chi connectivity index (χ3n) is 2.54. The molecule has 1 aliphatic rings. The van der Waals surface area contributed by atoms with Gasteiger partial charge in [0, 0.05) is 13.2 Å². The molecule has 1 aliphatic heterocycles. The maximum Gasteiger partial charge on any atom is 0.246 e. The van der Waals surface area contributed by atoms with Crippen LogP contribution in [0.25, 0.3) is 0 Å². The monoisotopic (exact) mass is 214 g/mol. The van der Waals surface area contributed by atoms with Gasteiger partial charge in [0.1, 0.15) is 0 Å². The van der Waals surface area contributed by atoms with Crippen molar-refractivity contribution in [2.24, 2.45) is 0 Å². The number of hydrogen-bond donors (Lipinski definition) is 2. The molecule has 5 heteroatoms. The number of carbonyl (C=O) groups is 2. The van der Waals surface area contributed by atoms with E-state index in [0.717, 1.165) is 19.3 Å². The average molecular weight is 214 g/mol. The van der Waals surface area contributed by atoms with Crippen LogP contribution in [-0.2, 0) is 9.59 Å². The highest BCUT2D eigenvalue weighted by atomic mass is 16.3. The van der Waals surface area contributed by atoms with Gasteiger partial charge < -0.3 is 5.11 Å². The first-order chi connectivity index (χ1) is 7.16. The van der Waals surface area contributed by atoms with Crippen molar-refractivity contribution in [1.82, 2.24) is 10.2 Å². The predicted molar refractivity (Wildman–Crippen MR) is 55.1 cm³/mol. The smallest absolute Gasteiger partial charge is 0.246 e. The second-order valence-electron chi connectivity index (χ2n) is 3.77. The van der Waals surface area contributed by atoms with Crippen molar-refractivity contribution >= 4 is 11.8 Å². The fourth-order valence-electron chi connectivity index (χ4n) is 1.57. The first-order valence-electron chi connectivity index (χ1n) is 5.35. The lowest BCUT2D eigenvalue weighted by Crippen LogP contribution is -2.57. The van der Waals surface area contributed by atoms with Crippen LogP contribution in [-0.4, -0.2) is 47.6 Å². The van der Waals surface area contributed by atoms with Crippen molar-refractivity contribution in [3.05, 3.63) is 0 Å². The number of hydrogen-bond acceptors (Lipinski definition) is 4. The van der Waals surface area contributed by atoms with Gasteiger partial charge in [-0.25, -0.2) is 0 Å². The summed E-state index contributed by atoms with van der Waals surface area (Å²) < 4.78 is 0. The SMILES string of the molecule is CC1NCC(=O)N(CCCCCO)C1=O. The second-order valence-corrected chi connectivity index (χ2v) is 3.77. The summed E-state index contributed by atoms with van der Waals surface area (Å²) in [6, 6.07) is -0.263. The largest absolute Gasteiger partial charge is 0.396 e. The van der Waals surface area contributed by atoms with Crippen molar-refractivity contribution in [2.75, 3.05) is 19.7 Å². The van der Waals surface area contributed by atoms with Crippen molar-refractivity contribution < 1.29 is 14.7 Å². The summed E-state index contributed by atoms with van der Waals surface area (Å²) >= 11 is 0. The number of unbranched alkanes of at least 4 members (excludes halogenated alkanes) is 2. The van der Waals surface area contributed by atoms with Gasteiger partial charge in [0.15, 0.2) is 0 Å². The fourth-order valence-corrected chi connectivity index (χ4v) is 1.57. The molecule has 0 aromatic heterocycles. The highest BCUT2D eigenvalue weighted by Gasteiger charge is 2.30. The molecule has 0 radical (unpaired) electrons. The normalized spacial score (nSPS) is 22.3. The molecule has 0 aromatic carbocycles. The number of rotatable bonds is 5. The van der Waals surface area contributed by atoms with Gasteiger partial charge >= 0.3 is 0 Å². The Kier molecular flexibility index (Phi) is 4.71. The minimum atomic E-state index is -0.263. The summed E-state index contributed by atoms with van der Waals surface area (Å²) in [7, 11) is 0. The topological polar surface area (TPSA) is 69.6 Å². The van der Waals surface area contributed by atoms with Crippen LogP contribution in [0.1, 0.15) is 26.2 Å². The minimum absolute atomic E-state index is 0.143. The summed E-state index contributed by atoms with van der Waals surface area (Å²) in [5.74, 6) is -0.294. The summed E-state index contributed by atoms with van der Waals surface area (Å²) in [5, 5.41) is 11.4. The number of piperazine rings is 1. The van der Waals surface area contributed by atoms with Crippen LogP contribution in [0, 0.1) is 0 Å². The molecule has 1 unspecified atom stereocenters. The first kappa shape index (κ1) is 12.1. The molecular formula is C10H18N2O3.